The summed E-state index contributed by atoms with van der Waals surface area (Å²) < 4.78 is 4.95. The molecule has 0 saturated heterocycles. The highest BCUT2D eigenvalue weighted by molar-refractivity contribution is 5.77. The molecule has 80 valence electrons. The van der Waals surface area contributed by atoms with E-state index in [9.17, 15) is 4.79 Å². The van der Waals surface area contributed by atoms with Gasteiger partial charge < -0.3 is 9.84 Å². The second-order valence-electron chi connectivity index (χ2n) is 3.79. The van der Waals surface area contributed by atoms with Gasteiger partial charge in [0.2, 0.25) is 0 Å². The number of benzene rings is 1. The van der Waals surface area contributed by atoms with Crippen LogP contribution in [0, 0.1) is 5.92 Å². The first-order valence-electron chi connectivity index (χ1n) is 5.18. The van der Waals surface area contributed by atoms with E-state index in [0.29, 0.717) is 6.61 Å². The lowest BCUT2D eigenvalue weighted by molar-refractivity contribution is -0.144. The lowest BCUT2D eigenvalue weighted by atomic mass is 10.1. The molecule has 0 radical (unpaired) electrons. The highest BCUT2D eigenvalue weighted by Crippen LogP contribution is 2.48. The number of rotatable bonds is 3. The van der Waals surface area contributed by atoms with Crippen molar-refractivity contribution in [3.8, 4) is 5.75 Å². The molecule has 1 unspecified atom stereocenters. The Morgan fingerprint density at radius 1 is 1.47 bits per heavy atom. The summed E-state index contributed by atoms with van der Waals surface area (Å²) >= 11 is 0. The number of hydrogen-bond donors (Lipinski definition) is 1. The van der Waals surface area contributed by atoms with Crippen molar-refractivity contribution < 1.29 is 14.6 Å². The zero-order chi connectivity index (χ0) is 10.8. The number of hydrogen-bond acceptors (Lipinski definition) is 3. The monoisotopic (exact) mass is 206 g/mol. The maximum Gasteiger partial charge on any atom is 0.309 e. The summed E-state index contributed by atoms with van der Waals surface area (Å²) in [6.07, 6.45) is 0.865. The molecule has 0 spiro atoms. The highest BCUT2D eigenvalue weighted by atomic mass is 16.5. The van der Waals surface area contributed by atoms with Gasteiger partial charge in [-0.3, -0.25) is 4.79 Å². The Kier molecular flexibility index (Phi) is 2.62. The molecule has 15 heavy (non-hydrogen) atoms. The number of esters is 1. The number of phenols is 1. The summed E-state index contributed by atoms with van der Waals surface area (Å²) in [5.74, 6) is 0.460. The van der Waals surface area contributed by atoms with Crippen LogP contribution in [0.2, 0.25) is 0 Å². The summed E-state index contributed by atoms with van der Waals surface area (Å²) in [5, 5.41) is 9.13. The number of ether oxygens (including phenoxy) is 1. The molecule has 1 aromatic carbocycles. The topological polar surface area (TPSA) is 46.5 Å². The van der Waals surface area contributed by atoms with Gasteiger partial charge >= 0.3 is 5.97 Å². The Bertz CT molecular complexity index is 356. The van der Waals surface area contributed by atoms with Crippen LogP contribution in [0.5, 0.6) is 5.75 Å². The maximum absolute atomic E-state index is 11.4. The molecule has 1 N–H and O–H groups in total. The Morgan fingerprint density at radius 2 is 2.13 bits per heavy atom. The van der Waals surface area contributed by atoms with Gasteiger partial charge in [0.1, 0.15) is 5.75 Å². The van der Waals surface area contributed by atoms with Gasteiger partial charge in [0.15, 0.2) is 0 Å². The van der Waals surface area contributed by atoms with Crippen LogP contribution in [0.1, 0.15) is 24.8 Å². The minimum atomic E-state index is -0.101. The third kappa shape index (κ3) is 2.12. The first-order valence-corrected chi connectivity index (χ1v) is 5.18. The zero-order valence-electron chi connectivity index (χ0n) is 8.64. The Labute approximate surface area is 88.7 Å². The number of phenolic OH excluding ortho intramolecular Hbond substituents is 1. The summed E-state index contributed by atoms with van der Waals surface area (Å²) in [6.45, 7) is 2.26. The Hall–Kier alpha value is -1.51. The normalized spacial score (nSPS) is 23.5. The van der Waals surface area contributed by atoms with Crippen molar-refractivity contribution in [2.24, 2.45) is 5.92 Å². The summed E-state index contributed by atoms with van der Waals surface area (Å²) in [5.41, 5.74) is 1.10. The predicted octanol–water partition coefficient (Wildman–Crippen LogP) is 2.06. The van der Waals surface area contributed by atoms with E-state index in [2.05, 4.69) is 0 Å². The second kappa shape index (κ2) is 3.93. The van der Waals surface area contributed by atoms with Crippen LogP contribution >= 0.6 is 0 Å². The largest absolute Gasteiger partial charge is 0.508 e. The van der Waals surface area contributed by atoms with E-state index in [1.54, 1.807) is 12.1 Å². The van der Waals surface area contributed by atoms with Crippen LogP contribution in [0.4, 0.5) is 0 Å². The van der Waals surface area contributed by atoms with Crippen molar-refractivity contribution >= 4 is 5.97 Å². The average molecular weight is 206 g/mol. The van der Waals surface area contributed by atoms with Gasteiger partial charge in [-0.25, -0.2) is 0 Å². The molecular weight excluding hydrogens is 192 g/mol. The quantitative estimate of drug-likeness (QED) is 0.770. The second-order valence-corrected chi connectivity index (χ2v) is 3.79. The molecule has 3 nitrogen and oxygen atoms in total. The standard InChI is InChI=1S/C12H14O3/c1-2-15-12(14)11-7-10(11)8-3-5-9(13)6-4-8/h3-6,10-11,13H,2,7H2,1H3/t10-,11?/m1/s1. The average Bonchev–Trinajstić information content (AvgIpc) is 2.99. The van der Waals surface area contributed by atoms with Crippen molar-refractivity contribution in [1.29, 1.82) is 0 Å². The van der Waals surface area contributed by atoms with Gasteiger partial charge in [0.25, 0.3) is 0 Å². The van der Waals surface area contributed by atoms with Gasteiger partial charge in [-0.15, -0.1) is 0 Å². The third-order valence-corrected chi connectivity index (χ3v) is 2.70. The SMILES string of the molecule is CCOC(=O)C1C[C@@H]1c1ccc(O)cc1. The molecule has 0 bridgehead atoms. The predicted molar refractivity (Wildman–Crippen MR) is 55.6 cm³/mol. The molecule has 0 aliphatic heterocycles. The minimum Gasteiger partial charge on any atom is -0.508 e. The van der Waals surface area contributed by atoms with E-state index in [1.165, 1.54) is 0 Å². The maximum atomic E-state index is 11.4. The minimum absolute atomic E-state index is 0.0227. The fraction of sp³-hybridized carbons (Fsp3) is 0.417. The van der Waals surface area contributed by atoms with Gasteiger partial charge in [0, 0.05) is 0 Å². The van der Waals surface area contributed by atoms with E-state index in [-0.39, 0.29) is 23.6 Å². The number of aromatic hydroxyl groups is 1. The molecule has 1 saturated carbocycles. The van der Waals surface area contributed by atoms with Crippen LogP contribution in [0.3, 0.4) is 0 Å². The van der Waals surface area contributed by atoms with Gasteiger partial charge in [-0.05, 0) is 37.0 Å². The molecule has 0 amide bonds. The fourth-order valence-electron chi connectivity index (χ4n) is 1.79. The zero-order valence-corrected chi connectivity index (χ0v) is 8.64. The van der Waals surface area contributed by atoms with Gasteiger partial charge in [-0.2, -0.15) is 0 Å². The first-order chi connectivity index (χ1) is 7.22. The van der Waals surface area contributed by atoms with Crippen LogP contribution in [0.15, 0.2) is 24.3 Å². The van der Waals surface area contributed by atoms with Crippen LogP contribution < -0.4 is 0 Å². The Morgan fingerprint density at radius 3 is 2.73 bits per heavy atom. The van der Waals surface area contributed by atoms with Crippen molar-refractivity contribution in [1.82, 2.24) is 0 Å². The molecule has 0 aromatic heterocycles. The molecule has 1 fully saturated rings. The summed E-state index contributed by atoms with van der Waals surface area (Å²) in [6, 6.07) is 7.02. The number of carbonyl (C=O) groups excluding carboxylic acids is 1. The lowest BCUT2D eigenvalue weighted by Crippen LogP contribution is -2.07. The molecule has 1 aliphatic rings. The van der Waals surface area contributed by atoms with Gasteiger partial charge in [-0.1, -0.05) is 12.1 Å². The van der Waals surface area contributed by atoms with Gasteiger partial charge in [0.05, 0.1) is 12.5 Å². The lowest BCUT2D eigenvalue weighted by Gasteiger charge is -2.01. The van der Waals surface area contributed by atoms with Crippen molar-refractivity contribution in [2.45, 2.75) is 19.3 Å². The van der Waals surface area contributed by atoms with Crippen LogP contribution in [-0.4, -0.2) is 17.7 Å². The fourth-order valence-corrected chi connectivity index (χ4v) is 1.79. The van der Waals surface area contributed by atoms with E-state index in [0.717, 1.165) is 12.0 Å². The van der Waals surface area contributed by atoms with Crippen LogP contribution in [0.25, 0.3) is 0 Å². The van der Waals surface area contributed by atoms with E-state index < -0.39 is 0 Å². The number of carbonyl (C=O) groups is 1. The molecule has 0 heterocycles. The highest BCUT2D eigenvalue weighted by Gasteiger charge is 2.44. The molecule has 3 heteroatoms. The summed E-state index contributed by atoms with van der Waals surface area (Å²) in [7, 11) is 0. The molecule has 1 aliphatic carbocycles. The van der Waals surface area contributed by atoms with E-state index >= 15 is 0 Å². The summed E-state index contributed by atoms with van der Waals surface area (Å²) in [4.78, 5) is 11.4. The van der Waals surface area contributed by atoms with E-state index in [4.69, 9.17) is 9.84 Å². The molecular formula is C12H14O3. The molecule has 2 rings (SSSR count). The smallest absolute Gasteiger partial charge is 0.309 e. The van der Waals surface area contributed by atoms with E-state index in [1.807, 2.05) is 19.1 Å². The first kappa shape index (κ1) is 10.0. The van der Waals surface area contributed by atoms with Crippen LogP contribution in [-0.2, 0) is 9.53 Å². The van der Waals surface area contributed by atoms with Crippen molar-refractivity contribution in [2.75, 3.05) is 6.61 Å². The molecule has 1 aromatic rings. The third-order valence-electron chi connectivity index (χ3n) is 2.70. The Balaban J connectivity index is 1.98. The van der Waals surface area contributed by atoms with Crippen molar-refractivity contribution in [3.63, 3.8) is 0 Å². The van der Waals surface area contributed by atoms with Crippen molar-refractivity contribution in [3.05, 3.63) is 29.8 Å². The molecule has 2 atom stereocenters.